The lowest BCUT2D eigenvalue weighted by Gasteiger charge is -2.41. The maximum Gasteiger partial charge on any atom is 0.490 e. The highest BCUT2D eigenvalue weighted by Crippen LogP contribution is 2.41. The van der Waals surface area contributed by atoms with Gasteiger partial charge < -0.3 is 55.0 Å². The van der Waals surface area contributed by atoms with E-state index < -0.39 is 65.0 Å². The van der Waals surface area contributed by atoms with Gasteiger partial charge in [0.25, 0.3) is 11.8 Å². The molecule has 2 heterocycles. The van der Waals surface area contributed by atoms with E-state index in [-0.39, 0.29) is 87.7 Å². The fourth-order valence-electron chi connectivity index (χ4n) is 7.38. The summed E-state index contributed by atoms with van der Waals surface area (Å²) < 4.78 is 85.0. The molecule has 2 atom stereocenters. The Labute approximate surface area is 441 Å². The van der Waals surface area contributed by atoms with E-state index in [2.05, 4.69) is 10.6 Å². The summed E-state index contributed by atoms with van der Waals surface area (Å²) in [6.45, 7) is 9.40. The second-order valence-corrected chi connectivity index (χ2v) is 19.1. The predicted octanol–water partition coefficient (Wildman–Crippen LogP) is 4.96. The van der Waals surface area contributed by atoms with Crippen LogP contribution in [0, 0.1) is 17.0 Å². The summed E-state index contributed by atoms with van der Waals surface area (Å²) in [5, 5.41) is 22.2. The number of aromatic nitrogens is 1. The number of carbonyl (C=O) groups is 7. The van der Waals surface area contributed by atoms with Crippen LogP contribution >= 0.6 is 11.8 Å². The van der Waals surface area contributed by atoms with Crippen molar-refractivity contribution >= 4 is 53.2 Å². The molecule has 76 heavy (non-hydrogen) atoms. The first-order chi connectivity index (χ1) is 36.0. The molecule has 420 valence electrons. The zero-order valence-electron chi connectivity index (χ0n) is 42.6. The summed E-state index contributed by atoms with van der Waals surface area (Å²) in [7, 11) is 0. The topological polar surface area (TPSA) is 258 Å². The Morgan fingerprint density at radius 3 is 1.96 bits per heavy atom. The molecule has 0 saturated heterocycles. The lowest BCUT2D eigenvalue weighted by molar-refractivity contribution is -0.192. The molecule has 25 heteroatoms. The van der Waals surface area contributed by atoms with Gasteiger partial charge in [-0.2, -0.15) is 24.9 Å². The number of ether oxygens (including phenoxy) is 4. The van der Waals surface area contributed by atoms with Crippen molar-refractivity contribution < 1.29 is 84.7 Å². The summed E-state index contributed by atoms with van der Waals surface area (Å²) in [6.07, 6.45) is -0.440. The van der Waals surface area contributed by atoms with Gasteiger partial charge in [0.1, 0.15) is 17.7 Å². The Balaban J connectivity index is 0.00000202. The van der Waals surface area contributed by atoms with Gasteiger partial charge in [-0.15, -0.1) is 0 Å². The monoisotopic (exact) mass is 1100 g/mol. The second-order valence-electron chi connectivity index (χ2n) is 18.0. The number of amides is 5. The number of carboxylic acids is 2. The number of alkyl halides is 3. The van der Waals surface area contributed by atoms with Crippen LogP contribution in [0.4, 0.5) is 22.0 Å². The number of benzene rings is 2. The molecule has 0 unspecified atom stereocenters. The molecule has 4 rings (SSSR count). The average Bonchev–Trinajstić information content (AvgIpc) is 3.91. The number of nitrogens with two attached hydrogens (primary N) is 1. The maximum absolute atomic E-state index is 15.1. The maximum atomic E-state index is 15.1. The van der Waals surface area contributed by atoms with Crippen LogP contribution in [-0.4, -0.2) is 169 Å². The third-order valence-corrected chi connectivity index (χ3v) is 11.9. The van der Waals surface area contributed by atoms with Gasteiger partial charge in [0.15, 0.2) is 0 Å². The van der Waals surface area contributed by atoms with Crippen LogP contribution in [0.25, 0.3) is 11.1 Å². The van der Waals surface area contributed by atoms with Crippen molar-refractivity contribution in [3.8, 4) is 11.1 Å². The Hall–Kier alpha value is -6.25. The van der Waals surface area contributed by atoms with Gasteiger partial charge >= 0.3 is 18.1 Å². The molecule has 0 spiro atoms. The number of thioether (sulfide) groups is 1. The van der Waals surface area contributed by atoms with Gasteiger partial charge in [0.05, 0.1) is 64.6 Å². The summed E-state index contributed by atoms with van der Waals surface area (Å²) >= 11 is 1.26. The Kier molecular flexibility index (Phi) is 27.8. The SMILES string of the molecule is CC(C)(C)[C@H](c1cc(-c2cc(F)ccc2F)cn1Cc1ccccc1)N(CCCN)C(=O)CSCC[C@H](NC(=O)CCOCCOCCOCCOCCNC(=O)CCN1C(=O)C=CC1=O)C(=O)O.O=C(O)C(F)(F)F. The minimum absolute atomic E-state index is 0.00566. The van der Waals surface area contributed by atoms with E-state index in [1.807, 2.05) is 61.7 Å². The van der Waals surface area contributed by atoms with Crippen molar-refractivity contribution in [1.82, 2.24) is 25.0 Å². The highest BCUT2D eigenvalue weighted by atomic mass is 32.2. The summed E-state index contributed by atoms with van der Waals surface area (Å²) in [5.41, 5.74) is 7.71. The van der Waals surface area contributed by atoms with Crippen molar-refractivity contribution in [2.45, 2.75) is 71.3 Å². The molecular weight excluding hydrogens is 1030 g/mol. The van der Waals surface area contributed by atoms with E-state index >= 15 is 4.39 Å². The van der Waals surface area contributed by atoms with Crippen LogP contribution in [0.2, 0.25) is 0 Å². The summed E-state index contributed by atoms with van der Waals surface area (Å²) in [4.78, 5) is 85.5. The molecule has 0 saturated carbocycles. The van der Waals surface area contributed by atoms with E-state index in [4.69, 9.17) is 34.6 Å². The fourth-order valence-corrected chi connectivity index (χ4v) is 8.27. The third-order valence-electron chi connectivity index (χ3n) is 11.0. The number of aliphatic carboxylic acids is 2. The molecule has 2 aromatic carbocycles. The minimum Gasteiger partial charge on any atom is -0.480 e. The van der Waals surface area contributed by atoms with Crippen molar-refractivity contribution in [3.05, 3.63) is 95.8 Å². The van der Waals surface area contributed by atoms with E-state index in [1.54, 1.807) is 11.1 Å². The molecule has 1 aliphatic heterocycles. The molecule has 0 fully saturated rings. The van der Waals surface area contributed by atoms with Gasteiger partial charge in [-0.05, 0) is 60.4 Å². The van der Waals surface area contributed by atoms with Crippen LogP contribution in [0.15, 0.2) is 72.9 Å². The highest BCUT2D eigenvalue weighted by Gasteiger charge is 2.39. The van der Waals surface area contributed by atoms with Crippen molar-refractivity contribution in [3.63, 3.8) is 0 Å². The standard InChI is InChI=1S/C49H66F2N6O11S.C2HF3O2/c1-49(2,3)47(41-30-36(38-31-37(50)10-11-39(38)51)33-55(41)32-35-8-5-4-6-9-35)57(19-7-17-52)46(62)34-69-29-16-40(48(63)64)54-43(59)15-21-65-23-25-67-27-28-68-26-24-66-22-18-53-42(58)14-20-56-44(60)12-13-45(56)61;3-2(4,5)1(6)7/h4-6,8-13,30-31,33,40,47H,7,14-29,32,34,52H2,1-3H3,(H,53,58)(H,54,59)(H,63,64);(H,6,7)/t40-,47-;/m0./s1. The van der Waals surface area contributed by atoms with Crippen molar-refractivity contribution in [1.29, 1.82) is 0 Å². The molecule has 1 aromatic heterocycles. The molecular formula is C51H67F5N6O13S. The van der Waals surface area contributed by atoms with Gasteiger partial charge in [0.2, 0.25) is 17.7 Å². The predicted molar refractivity (Wildman–Crippen MR) is 269 cm³/mol. The molecule has 5 amide bonds. The minimum atomic E-state index is -5.08. The fraction of sp³-hybridized carbons (Fsp3) is 0.510. The number of nitrogens with one attached hydrogen (secondary N) is 2. The smallest absolute Gasteiger partial charge is 0.480 e. The number of hydrogen-bond donors (Lipinski definition) is 5. The molecule has 19 nitrogen and oxygen atoms in total. The Morgan fingerprint density at radius 1 is 0.803 bits per heavy atom. The number of rotatable bonds is 33. The van der Waals surface area contributed by atoms with Crippen LogP contribution in [-0.2, 0) is 59.1 Å². The largest absolute Gasteiger partial charge is 0.490 e. The van der Waals surface area contributed by atoms with E-state index in [0.29, 0.717) is 58.0 Å². The molecule has 1 aliphatic rings. The van der Waals surface area contributed by atoms with Crippen molar-refractivity contribution in [2.24, 2.45) is 11.1 Å². The Bertz CT molecular complexity index is 2370. The van der Waals surface area contributed by atoms with Crippen molar-refractivity contribution in [2.75, 3.05) is 90.5 Å². The molecule has 0 bridgehead atoms. The van der Waals surface area contributed by atoms with Crippen LogP contribution in [0.1, 0.15) is 63.8 Å². The number of nitrogens with zero attached hydrogens (tertiary/aromatic N) is 3. The third kappa shape index (κ3) is 23.3. The normalized spacial score (nSPS) is 13.2. The number of hydrogen-bond acceptors (Lipinski definition) is 13. The van der Waals surface area contributed by atoms with Crippen LogP contribution in [0.3, 0.4) is 0 Å². The van der Waals surface area contributed by atoms with Gasteiger partial charge in [-0.25, -0.2) is 18.4 Å². The highest BCUT2D eigenvalue weighted by molar-refractivity contribution is 7.99. The zero-order chi connectivity index (χ0) is 56.3. The Morgan fingerprint density at radius 2 is 1.39 bits per heavy atom. The van der Waals surface area contributed by atoms with Crippen LogP contribution in [0.5, 0.6) is 0 Å². The first kappa shape index (κ1) is 64.0. The number of halogens is 5. The first-order valence-electron chi connectivity index (χ1n) is 24.2. The number of carboxylic acid groups (broad SMARTS) is 2. The molecule has 6 N–H and O–H groups in total. The molecule has 0 radical (unpaired) electrons. The van der Waals surface area contributed by atoms with E-state index in [1.165, 1.54) is 23.9 Å². The lowest BCUT2D eigenvalue weighted by Crippen LogP contribution is -2.44. The molecule has 3 aromatic rings. The average molecular weight is 1100 g/mol. The van der Waals surface area contributed by atoms with E-state index in [0.717, 1.165) is 34.4 Å². The zero-order valence-corrected chi connectivity index (χ0v) is 43.4. The number of imide groups is 1. The number of carbonyl (C=O) groups excluding carboxylic acids is 5. The summed E-state index contributed by atoms with van der Waals surface area (Å²) in [5.74, 6) is -6.67. The summed E-state index contributed by atoms with van der Waals surface area (Å²) in [6, 6.07) is 13.1. The van der Waals surface area contributed by atoms with Gasteiger partial charge in [0, 0.05) is 74.2 Å². The first-order valence-corrected chi connectivity index (χ1v) is 25.4. The molecule has 0 aliphatic carbocycles. The van der Waals surface area contributed by atoms with Gasteiger partial charge in [-0.3, -0.25) is 28.9 Å². The quantitative estimate of drug-likeness (QED) is 0.0307. The van der Waals surface area contributed by atoms with E-state index in [9.17, 15) is 51.4 Å². The lowest BCUT2D eigenvalue weighted by atomic mass is 9.83. The van der Waals surface area contributed by atoms with Gasteiger partial charge in [-0.1, -0.05) is 51.1 Å². The van der Waals surface area contributed by atoms with Crippen LogP contribution < -0.4 is 16.4 Å². The second kappa shape index (κ2) is 33.0.